The number of aryl methyl sites for hydroxylation is 1. The highest BCUT2D eigenvalue weighted by Gasteiger charge is 2.36. The van der Waals surface area contributed by atoms with Crippen LogP contribution in [0.25, 0.3) is 0 Å². The molecule has 7 nitrogen and oxygen atoms in total. The average Bonchev–Trinajstić information content (AvgIpc) is 2.78. The summed E-state index contributed by atoms with van der Waals surface area (Å²) in [6.07, 6.45) is 4.39. The average molecular weight is 445 g/mol. The van der Waals surface area contributed by atoms with Gasteiger partial charge in [-0.1, -0.05) is 29.8 Å². The number of morpholine rings is 1. The Morgan fingerprint density at radius 2 is 1.84 bits per heavy atom. The summed E-state index contributed by atoms with van der Waals surface area (Å²) >= 11 is 0. The fraction of sp³-hybridized carbons (Fsp3) is 0.391. The van der Waals surface area contributed by atoms with Gasteiger partial charge in [0.2, 0.25) is 10.0 Å². The Morgan fingerprint density at radius 1 is 1.13 bits per heavy atom. The summed E-state index contributed by atoms with van der Waals surface area (Å²) < 4.78 is 39.3. The van der Waals surface area contributed by atoms with Crippen molar-refractivity contribution in [1.29, 1.82) is 0 Å². The van der Waals surface area contributed by atoms with Gasteiger partial charge in [-0.2, -0.15) is 4.31 Å². The van der Waals surface area contributed by atoms with E-state index in [0.29, 0.717) is 30.9 Å². The molecule has 2 aliphatic rings. The van der Waals surface area contributed by atoms with Crippen LogP contribution in [0.5, 0.6) is 11.5 Å². The summed E-state index contributed by atoms with van der Waals surface area (Å²) in [5, 5.41) is 10.7. The second-order valence-corrected chi connectivity index (χ2v) is 9.77. The van der Waals surface area contributed by atoms with Crippen LogP contribution in [0.4, 0.5) is 0 Å². The van der Waals surface area contributed by atoms with Gasteiger partial charge in [-0.3, -0.25) is 0 Å². The van der Waals surface area contributed by atoms with Gasteiger partial charge >= 0.3 is 0 Å². The molecule has 0 amide bonds. The van der Waals surface area contributed by atoms with Gasteiger partial charge in [0, 0.05) is 31.2 Å². The van der Waals surface area contributed by atoms with Crippen molar-refractivity contribution < 1.29 is 23.0 Å². The molecule has 166 valence electrons. The molecule has 2 aliphatic heterocycles. The normalized spacial score (nSPS) is 20.1. The molecule has 1 N–H and O–H groups in total. The van der Waals surface area contributed by atoms with Gasteiger partial charge in [-0.05, 0) is 43.3 Å². The van der Waals surface area contributed by atoms with Crippen LogP contribution in [0.3, 0.4) is 0 Å². The van der Waals surface area contributed by atoms with Crippen LogP contribution in [-0.2, 0) is 27.7 Å². The molecule has 31 heavy (non-hydrogen) atoms. The number of sulfonamides is 1. The molecule has 0 radical (unpaired) electrons. The van der Waals surface area contributed by atoms with Crippen LogP contribution in [0.2, 0.25) is 0 Å². The SMILES string of the molecule is COc1ccc2c(c1O)CN(S(=O)(=O)c1ccc(C)cc1)C(/C=C/N1CCOCC1)C2. The number of benzene rings is 2. The fourth-order valence-corrected chi connectivity index (χ4v) is 5.56. The van der Waals surface area contributed by atoms with Crippen LogP contribution in [-0.4, -0.2) is 62.2 Å². The van der Waals surface area contributed by atoms with Gasteiger partial charge in [0.1, 0.15) is 0 Å². The van der Waals surface area contributed by atoms with Crippen molar-refractivity contribution in [2.24, 2.45) is 0 Å². The van der Waals surface area contributed by atoms with Crippen molar-refractivity contribution in [3.8, 4) is 11.5 Å². The molecule has 2 aromatic carbocycles. The third-order valence-electron chi connectivity index (χ3n) is 5.87. The van der Waals surface area contributed by atoms with E-state index in [9.17, 15) is 13.5 Å². The summed E-state index contributed by atoms with van der Waals surface area (Å²) in [5.41, 5.74) is 2.51. The molecule has 2 aromatic rings. The predicted octanol–water partition coefficient (Wildman–Crippen LogP) is 2.67. The van der Waals surface area contributed by atoms with Crippen molar-refractivity contribution in [1.82, 2.24) is 9.21 Å². The van der Waals surface area contributed by atoms with E-state index in [1.807, 2.05) is 25.3 Å². The van der Waals surface area contributed by atoms with Crippen LogP contribution < -0.4 is 4.74 Å². The number of phenols is 1. The number of phenolic OH excluding ortho intramolecular Hbond substituents is 1. The third-order valence-corrected chi connectivity index (χ3v) is 7.75. The van der Waals surface area contributed by atoms with Crippen molar-refractivity contribution >= 4 is 10.0 Å². The summed E-state index contributed by atoms with van der Waals surface area (Å²) in [5.74, 6) is 0.341. The van der Waals surface area contributed by atoms with E-state index in [1.54, 1.807) is 30.3 Å². The lowest BCUT2D eigenvalue weighted by molar-refractivity contribution is 0.0590. The monoisotopic (exact) mass is 444 g/mol. The van der Waals surface area contributed by atoms with Gasteiger partial charge in [0.05, 0.1) is 25.2 Å². The highest BCUT2D eigenvalue weighted by atomic mass is 32.2. The predicted molar refractivity (Wildman–Crippen MR) is 118 cm³/mol. The number of ether oxygens (including phenoxy) is 2. The van der Waals surface area contributed by atoms with Crippen LogP contribution in [0.15, 0.2) is 53.6 Å². The van der Waals surface area contributed by atoms with Crippen molar-refractivity contribution in [2.45, 2.75) is 30.8 Å². The number of aromatic hydroxyl groups is 1. The molecule has 1 fully saturated rings. The van der Waals surface area contributed by atoms with E-state index in [1.165, 1.54) is 11.4 Å². The van der Waals surface area contributed by atoms with E-state index < -0.39 is 10.0 Å². The minimum absolute atomic E-state index is 0.000264. The Kier molecular flexibility index (Phi) is 6.22. The Bertz CT molecular complexity index is 1060. The lowest BCUT2D eigenvalue weighted by atomic mass is 9.94. The Morgan fingerprint density at radius 3 is 2.52 bits per heavy atom. The summed E-state index contributed by atoms with van der Waals surface area (Å²) in [6, 6.07) is 10.1. The Labute approximate surface area is 183 Å². The smallest absolute Gasteiger partial charge is 0.243 e. The molecular weight excluding hydrogens is 416 g/mol. The molecule has 0 aromatic heterocycles. The Hall–Kier alpha value is -2.55. The van der Waals surface area contributed by atoms with Crippen LogP contribution in [0.1, 0.15) is 16.7 Å². The van der Waals surface area contributed by atoms with E-state index in [-0.39, 0.29) is 23.2 Å². The Balaban J connectivity index is 1.72. The van der Waals surface area contributed by atoms with Gasteiger partial charge in [0.15, 0.2) is 11.5 Å². The summed E-state index contributed by atoms with van der Waals surface area (Å²) in [4.78, 5) is 2.38. The van der Waals surface area contributed by atoms with Crippen molar-refractivity contribution in [2.75, 3.05) is 33.4 Å². The first-order valence-corrected chi connectivity index (χ1v) is 11.8. The minimum atomic E-state index is -3.77. The second kappa shape index (κ2) is 8.90. The molecule has 1 saturated heterocycles. The van der Waals surface area contributed by atoms with Crippen molar-refractivity contribution in [3.05, 3.63) is 65.4 Å². The number of nitrogens with zero attached hydrogens (tertiary/aromatic N) is 2. The second-order valence-electron chi connectivity index (χ2n) is 7.88. The number of hydrogen-bond acceptors (Lipinski definition) is 6. The standard InChI is InChI=1S/C23H28N2O5S/c1-17-3-6-20(7-4-17)31(27,28)25-16-21-18(5-8-22(29-2)23(21)26)15-19(25)9-10-24-11-13-30-14-12-24/h3-10,19,26H,11-16H2,1-2H3/b10-9+. The number of rotatable bonds is 5. The van der Waals surface area contributed by atoms with E-state index in [0.717, 1.165) is 24.2 Å². The first-order valence-electron chi connectivity index (χ1n) is 10.4. The van der Waals surface area contributed by atoms with Crippen LogP contribution in [0, 0.1) is 6.92 Å². The number of methoxy groups -OCH3 is 1. The molecule has 0 spiro atoms. The number of hydrogen-bond donors (Lipinski definition) is 1. The maximum absolute atomic E-state index is 13.6. The molecule has 8 heteroatoms. The van der Waals surface area contributed by atoms with E-state index in [4.69, 9.17) is 9.47 Å². The highest BCUT2D eigenvalue weighted by Crippen LogP contribution is 2.39. The van der Waals surface area contributed by atoms with E-state index >= 15 is 0 Å². The lowest BCUT2D eigenvalue weighted by Gasteiger charge is -2.35. The van der Waals surface area contributed by atoms with Gasteiger partial charge in [-0.25, -0.2) is 8.42 Å². The maximum atomic E-state index is 13.6. The summed E-state index contributed by atoms with van der Waals surface area (Å²) in [6.45, 7) is 4.89. The van der Waals surface area contributed by atoms with Gasteiger partial charge in [0.25, 0.3) is 0 Å². The van der Waals surface area contributed by atoms with Gasteiger partial charge < -0.3 is 19.5 Å². The molecule has 0 saturated carbocycles. The molecule has 1 atom stereocenters. The largest absolute Gasteiger partial charge is 0.504 e. The molecule has 0 aliphatic carbocycles. The third kappa shape index (κ3) is 4.42. The zero-order valence-electron chi connectivity index (χ0n) is 17.8. The first kappa shape index (κ1) is 21.7. The molecule has 1 unspecified atom stereocenters. The zero-order chi connectivity index (χ0) is 22.0. The maximum Gasteiger partial charge on any atom is 0.243 e. The molecule has 0 bridgehead atoms. The summed E-state index contributed by atoms with van der Waals surface area (Å²) in [7, 11) is -2.29. The molecule has 4 rings (SSSR count). The lowest BCUT2D eigenvalue weighted by Crippen LogP contribution is -2.43. The van der Waals surface area contributed by atoms with Crippen LogP contribution >= 0.6 is 0 Å². The topological polar surface area (TPSA) is 79.3 Å². The van der Waals surface area contributed by atoms with E-state index in [2.05, 4.69) is 4.90 Å². The fourth-order valence-electron chi connectivity index (χ4n) is 4.01. The van der Waals surface area contributed by atoms with Gasteiger partial charge in [-0.15, -0.1) is 0 Å². The first-order chi connectivity index (χ1) is 14.9. The minimum Gasteiger partial charge on any atom is -0.504 e. The zero-order valence-corrected chi connectivity index (χ0v) is 18.6. The molecular formula is C23H28N2O5S. The quantitative estimate of drug-likeness (QED) is 0.764. The molecule has 2 heterocycles. The van der Waals surface area contributed by atoms with Crippen molar-refractivity contribution in [3.63, 3.8) is 0 Å². The number of fused-ring (bicyclic) bond motifs is 1. The highest BCUT2D eigenvalue weighted by molar-refractivity contribution is 7.89.